The lowest BCUT2D eigenvalue weighted by Crippen LogP contribution is -2.44. The topological polar surface area (TPSA) is 62.2 Å². The van der Waals surface area contributed by atoms with E-state index in [0.29, 0.717) is 11.7 Å². The Balaban J connectivity index is 0.00000240. The molecule has 7 heteroatoms. The largest absolute Gasteiger partial charge is 0.348 e. The molecule has 1 aromatic carbocycles. The van der Waals surface area contributed by atoms with Gasteiger partial charge in [0.15, 0.2) is 0 Å². The van der Waals surface area contributed by atoms with Crippen molar-refractivity contribution in [2.75, 3.05) is 26.2 Å². The number of piperidine rings is 2. The number of rotatable bonds is 5. The molecule has 1 atom stereocenters. The number of amides is 1. The molecule has 1 aromatic heterocycles. The van der Waals surface area contributed by atoms with E-state index in [1.807, 2.05) is 16.9 Å². The van der Waals surface area contributed by atoms with E-state index in [1.54, 1.807) is 0 Å². The summed E-state index contributed by atoms with van der Waals surface area (Å²) in [7, 11) is 0. The van der Waals surface area contributed by atoms with Crippen molar-refractivity contribution in [2.24, 2.45) is 0 Å². The van der Waals surface area contributed by atoms with E-state index >= 15 is 0 Å². The third-order valence-electron chi connectivity index (χ3n) is 6.06. The molecular weight excluding hydrogens is 386 g/mol. The predicted molar refractivity (Wildman–Crippen MR) is 118 cm³/mol. The molecule has 29 heavy (non-hydrogen) atoms. The Morgan fingerprint density at radius 3 is 2.72 bits per heavy atom. The maximum atomic E-state index is 12.6. The normalized spacial score (nSPS) is 20.8. The van der Waals surface area contributed by atoms with Crippen LogP contribution in [0.5, 0.6) is 0 Å². The number of halogens is 1. The molecule has 158 valence electrons. The van der Waals surface area contributed by atoms with Crippen LogP contribution in [0.2, 0.25) is 0 Å². The number of benzene rings is 1. The van der Waals surface area contributed by atoms with Gasteiger partial charge in [-0.15, -0.1) is 12.4 Å². The minimum atomic E-state index is -0.0418. The average Bonchev–Trinajstić information content (AvgIpc) is 3.22. The fraction of sp³-hybridized carbons (Fsp3) is 0.545. The summed E-state index contributed by atoms with van der Waals surface area (Å²) in [4.78, 5) is 15.1. The van der Waals surface area contributed by atoms with Gasteiger partial charge in [-0.3, -0.25) is 14.4 Å². The van der Waals surface area contributed by atoms with E-state index in [9.17, 15) is 4.79 Å². The first-order valence-corrected chi connectivity index (χ1v) is 10.5. The fourth-order valence-electron chi connectivity index (χ4n) is 4.24. The van der Waals surface area contributed by atoms with Gasteiger partial charge in [0.25, 0.3) is 5.91 Å². The van der Waals surface area contributed by atoms with Crippen LogP contribution in [-0.2, 0) is 6.54 Å². The lowest BCUT2D eigenvalue weighted by Gasteiger charge is -2.32. The number of aromatic nitrogens is 2. The molecule has 0 aliphatic carbocycles. The van der Waals surface area contributed by atoms with Crippen LogP contribution in [0.25, 0.3) is 0 Å². The second kappa shape index (κ2) is 10.2. The van der Waals surface area contributed by atoms with E-state index in [-0.39, 0.29) is 24.4 Å². The van der Waals surface area contributed by atoms with Crippen LogP contribution < -0.4 is 10.6 Å². The molecule has 2 saturated heterocycles. The first kappa shape index (κ1) is 21.8. The highest BCUT2D eigenvalue weighted by Gasteiger charge is 2.23. The lowest BCUT2D eigenvalue weighted by atomic mass is 10.0. The summed E-state index contributed by atoms with van der Waals surface area (Å²) in [6.45, 7) is 7.21. The summed E-state index contributed by atoms with van der Waals surface area (Å²) >= 11 is 0. The highest BCUT2D eigenvalue weighted by Crippen LogP contribution is 2.18. The van der Waals surface area contributed by atoms with Gasteiger partial charge in [0, 0.05) is 38.4 Å². The molecule has 0 saturated carbocycles. The Labute approximate surface area is 179 Å². The standard InChI is InChI=1S/C22H31N5O.ClH/c1-17-5-2-3-6-18(17)16-26-12-8-19(9-13-26)24-22(28)21-10-14-27(25-21)20-7-4-11-23-15-20;/h2-3,5-6,10,14,19-20,23H,4,7-9,11-13,15-16H2,1H3,(H,24,28);1H. The molecule has 0 spiro atoms. The van der Waals surface area contributed by atoms with Crippen molar-refractivity contribution in [1.29, 1.82) is 0 Å². The maximum absolute atomic E-state index is 12.6. The number of nitrogens with one attached hydrogen (secondary N) is 2. The third kappa shape index (κ3) is 5.59. The molecule has 0 radical (unpaired) electrons. The fourth-order valence-corrected chi connectivity index (χ4v) is 4.24. The van der Waals surface area contributed by atoms with Crippen molar-refractivity contribution >= 4 is 18.3 Å². The van der Waals surface area contributed by atoms with Gasteiger partial charge in [-0.1, -0.05) is 24.3 Å². The zero-order chi connectivity index (χ0) is 19.3. The first-order chi connectivity index (χ1) is 13.7. The Morgan fingerprint density at radius 2 is 2.00 bits per heavy atom. The number of carbonyl (C=O) groups excluding carboxylic acids is 1. The van der Waals surface area contributed by atoms with Crippen molar-refractivity contribution < 1.29 is 4.79 Å². The minimum Gasteiger partial charge on any atom is -0.348 e. The highest BCUT2D eigenvalue weighted by atomic mass is 35.5. The number of hydrogen-bond acceptors (Lipinski definition) is 4. The molecule has 2 aromatic rings. The van der Waals surface area contributed by atoms with Crippen molar-refractivity contribution in [3.05, 3.63) is 53.3 Å². The summed E-state index contributed by atoms with van der Waals surface area (Å²) < 4.78 is 1.95. The molecular formula is C22H32ClN5O. The first-order valence-electron chi connectivity index (χ1n) is 10.5. The molecule has 4 rings (SSSR count). The van der Waals surface area contributed by atoms with Crippen molar-refractivity contribution in [2.45, 2.75) is 51.2 Å². The zero-order valence-electron chi connectivity index (χ0n) is 17.1. The van der Waals surface area contributed by atoms with Crippen molar-refractivity contribution in [3.63, 3.8) is 0 Å². The van der Waals surface area contributed by atoms with Gasteiger partial charge in [0.05, 0.1) is 6.04 Å². The van der Waals surface area contributed by atoms with Gasteiger partial charge in [-0.2, -0.15) is 5.10 Å². The molecule has 0 bridgehead atoms. The zero-order valence-corrected chi connectivity index (χ0v) is 18.0. The molecule has 2 aliphatic heterocycles. The second-order valence-electron chi connectivity index (χ2n) is 8.13. The number of hydrogen-bond donors (Lipinski definition) is 2. The SMILES string of the molecule is Cc1ccccc1CN1CCC(NC(=O)c2ccn(C3CCCNC3)n2)CC1.Cl. The molecule has 3 heterocycles. The predicted octanol–water partition coefficient (Wildman–Crippen LogP) is 2.93. The van der Waals surface area contributed by atoms with Gasteiger partial charge in [-0.05, 0) is 56.3 Å². The van der Waals surface area contributed by atoms with Gasteiger partial charge in [0.2, 0.25) is 0 Å². The molecule has 1 amide bonds. The van der Waals surface area contributed by atoms with E-state index in [2.05, 4.69) is 51.8 Å². The summed E-state index contributed by atoms with van der Waals surface area (Å²) in [6, 6.07) is 11.0. The molecule has 2 fully saturated rings. The molecule has 2 aliphatic rings. The van der Waals surface area contributed by atoms with Gasteiger partial charge in [0.1, 0.15) is 5.69 Å². The number of carbonyl (C=O) groups is 1. The third-order valence-corrected chi connectivity index (χ3v) is 6.06. The van der Waals surface area contributed by atoms with Gasteiger partial charge >= 0.3 is 0 Å². The Morgan fingerprint density at radius 1 is 1.21 bits per heavy atom. The van der Waals surface area contributed by atoms with E-state index in [0.717, 1.165) is 58.4 Å². The van der Waals surface area contributed by atoms with E-state index in [1.165, 1.54) is 11.1 Å². The van der Waals surface area contributed by atoms with E-state index < -0.39 is 0 Å². The second-order valence-corrected chi connectivity index (χ2v) is 8.13. The van der Waals surface area contributed by atoms with Crippen LogP contribution >= 0.6 is 12.4 Å². The molecule has 1 unspecified atom stereocenters. The summed E-state index contributed by atoms with van der Waals surface area (Å²) in [5.41, 5.74) is 3.28. The maximum Gasteiger partial charge on any atom is 0.271 e. The van der Waals surface area contributed by atoms with Crippen LogP contribution in [0.15, 0.2) is 36.5 Å². The average molecular weight is 418 g/mol. The van der Waals surface area contributed by atoms with Crippen LogP contribution in [0.4, 0.5) is 0 Å². The molecule has 6 nitrogen and oxygen atoms in total. The van der Waals surface area contributed by atoms with Crippen LogP contribution in [-0.4, -0.2) is 52.8 Å². The monoisotopic (exact) mass is 417 g/mol. The summed E-state index contributed by atoms with van der Waals surface area (Å²) in [5.74, 6) is -0.0418. The smallest absolute Gasteiger partial charge is 0.271 e. The summed E-state index contributed by atoms with van der Waals surface area (Å²) in [6.07, 6.45) is 6.20. The van der Waals surface area contributed by atoms with Gasteiger partial charge < -0.3 is 10.6 Å². The Hall–Kier alpha value is -1.89. The van der Waals surface area contributed by atoms with Crippen LogP contribution in [0.3, 0.4) is 0 Å². The number of likely N-dealkylation sites (tertiary alicyclic amines) is 1. The quantitative estimate of drug-likeness (QED) is 0.785. The van der Waals surface area contributed by atoms with Crippen molar-refractivity contribution in [3.8, 4) is 0 Å². The lowest BCUT2D eigenvalue weighted by molar-refractivity contribution is 0.0902. The number of aryl methyl sites for hydroxylation is 1. The Kier molecular flexibility index (Phi) is 7.70. The molecule has 2 N–H and O–H groups in total. The number of nitrogens with zero attached hydrogens (tertiary/aromatic N) is 3. The minimum absolute atomic E-state index is 0. The van der Waals surface area contributed by atoms with Crippen LogP contribution in [0.1, 0.15) is 53.3 Å². The summed E-state index contributed by atoms with van der Waals surface area (Å²) in [5, 5.41) is 11.1. The van der Waals surface area contributed by atoms with Crippen molar-refractivity contribution in [1.82, 2.24) is 25.3 Å². The van der Waals surface area contributed by atoms with E-state index in [4.69, 9.17) is 0 Å². The highest BCUT2D eigenvalue weighted by molar-refractivity contribution is 5.92. The van der Waals surface area contributed by atoms with Gasteiger partial charge in [-0.25, -0.2) is 0 Å². The van der Waals surface area contributed by atoms with Crippen LogP contribution in [0, 0.1) is 6.92 Å². The Bertz CT molecular complexity index is 794.